The highest BCUT2D eigenvalue weighted by molar-refractivity contribution is 6.58. The van der Waals surface area contributed by atoms with Crippen molar-refractivity contribution in [1.29, 1.82) is 0 Å². The Hall–Kier alpha value is -4.54. The number of para-hydroxylation sites is 2. The first kappa shape index (κ1) is 27.3. The topological polar surface area (TPSA) is 135 Å². The molecule has 2 aliphatic carbocycles. The third kappa shape index (κ3) is 3.79. The van der Waals surface area contributed by atoms with E-state index >= 15 is 0 Å². The summed E-state index contributed by atoms with van der Waals surface area (Å²) in [5.41, 5.74) is 0.896. The van der Waals surface area contributed by atoms with Crippen molar-refractivity contribution in [3.63, 3.8) is 0 Å². The van der Waals surface area contributed by atoms with Crippen LogP contribution in [0, 0.1) is 29.1 Å². The highest BCUT2D eigenvalue weighted by Gasteiger charge is 2.68. The SMILES string of the molecule is CC12C(=O)N(c3ccccc3)C(=O)C1CC1C(=CCC3C(=O)N(c4cccc(B(O)O)c4)C(=O)C31)C2c1ccccc1O. The molecule has 1 saturated carbocycles. The maximum Gasteiger partial charge on any atom is 0.488 e. The van der Waals surface area contributed by atoms with Crippen LogP contribution in [-0.4, -0.2) is 45.9 Å². The number of phenols is 1. The molecule has 3 fully saturated rings. The van der Waals surface area contributed by atoms with E-state index in [1.54, 1.807) is 73.7 Å². The molecule has 43 heavy (non-hydrogen) atoms. The minimum Gasteiger partial charge on any atom is -0.508 e. The number of nitrogens with zero attached hydrogens (tertiary/aromatic N) is 2. The predicted molar refractivity (Wildman–Crippen MR) is 158 cm³/mol. The maximum atomic E-state index is 14.3. The fraction of sp³-hybridized carbons (Fsp3) is 0.273. The Balaban J connectivity index is 1.35. The minimum absolute atomic E-state index is 0.00983. The highest BCUT2D eigenvalue weighted by Crippen LogP contribution is 2.64. The molecule has 9 nitrogen and oxygen atoms in total. The second-order valence-electron chi connectivity index (χ2n) is 12.0. The quantitative estimate of drug-likeness (QED) is 0.247. The van der Waals surface area contributed by atoms with Crippen LogP contribution in [-0.2, 0) is 19.2 Å². The molecule has 4 amide bonds. The summed E-state index contributed by atoms with van der Waals surface area (Å²) >= 11 is 0. The largest absolute Gasteiger partial charge is 0.508 e. The molecular weight excluding hydrogens is 547 g/mol. The van der Waals surface area contributed by atoms with Gasteiger partial charge >= 0.3 is 7.12 Å². The molecule has 0 radical (unpaired) electrons. The molecule has 3 aromatic carbocycles. The highest BCUT2D eigenvalue weighted by atomic mass is 16.4. The zero-order chi connectivity index (χ0) is 30.2. The van der Waals surface area contributed by atoms with E-state index in [9.17, 15) is 34.3 Å². The van der Waals surface area contributed by atoms with Crippen LogP contribution in [0.15, 0.2) is 90.5 Å². The normalized spacial score (nSPS) is 29.7. The smallest absolute Gasteiger partial charge is 0.488 e. The number of phenolic OH excluding ortho intramolecular Hbond substituents is 1. The van der Waals surface area contributed by atoms with Crippen molar-refractivity contribution in [2.75, 3.05) is 9.80 Å². The zero-order valence-corrected chi connectivity index (χ0v) is 23.3. The summed E-state index contributed by atoms with van der Waals surface area (Å²) in [5, 5.41) is 30.4. The van der Waals surface area contributed by atoms with E-state index in [-0.39, 0.29) is 47.5 Å². The Morgan fingerprint density at radius 2 is 1.49 bits per heavy atom. The summed E-state index contributed by atoms with van der Waals surface area (Å²) in [4.78, 5) is 58.7. The van der Waals surface area contributed by atoms with Gasteiger partial charge in [0.15, 0.2) is 0 Å². The van der Waals surface area contributed by atoms with E-state index in [1.165, 1.54) is 17.0 Å². The second-order valence-corrected chi connectivity index (χ2v) is 12.0. The standard InChI is InChI=1S/C33H29BN2O7/c1-33-25(30(39)36(32(33)41)19-9-3-2-4-10-19)17-24-21(28(33)22-12-5-6-13-26(22)37)14-15-23-27(24)31(40)35(29(23)38)20-11-7-8-18(16-20)34(42)43/h2-14,16,23-25,27-28,37,42-43H,15,17H2,1H3. The van der Waals surface area contributed by atoms with Crippen LogP contribution in [0.25, 0.3) is 0 Å². The third-order valence-corrected chi connectivity index (χ3v) is 9.96. The first-order chi connectivity index (χ1) is 20.6. The molecule has 7 rings (SSSR count). The molecule has 6 unspecified atom stereocenters. The number of carbonyl (C=O) groups excluding carboxylic acids is 4. The van der Waals surface area contributed by atoms with Crippen LogP contribution in [0.3, 0.4) is 0 Å². The maximum absolute atomic E-state index is 14.3. The number of amides is 4. The molecule has 10 heteroatoms. The summed E-state index contributed by atoms with van der Waals surface area (Å²) < 4.78 is 0. The van der Waals surface area contributed by atoms with Gasteiger partial charge in [-0.2, -0.15) is 0 Å². The van der Waals surface area contributed by atoms with E-state index in [0.717, 1.165) is 10.5 Å². The molecule has 0 spiro atoms. The number of carbonyl (C=O) groups is 4. The average molecular weight is 576 g/mol. The van der Waals surface area contributed by atoms with Gasteiger partial charge in [-0.3, -0.25) is 24.1 Å². The monoisotopic (exact) mass is 576 g/mol. The summed E-state index contributed by atoms with van der Waals surface area (Å²) in [6, 6.07) is 21.5. The molecule has 2 heterocycles. The fourth-order valence-electron chi connectivity index (χ4n) is 7.99. The van der Waals surface area contributed by atoms with Crippen molar-refractivity contribution >= 4 is 47.6 Å². The third-order valence-electron chi connectivity index (χ3n) is 9.96. The molecule has 3 aromatic rings. The van der Waals surface area contributed by atoms with Crippen molar-refractivity contribution in [2.24, 2.45) is 29.1 Å². The Kier molecular flexibility index (Phi) is 6.19. The van der Waals surface area contributed by atoms with E-state index in [1.807, 2.05) is 6.08 Å². The van der Waals surface area contributed by atoms with Crippen molar-refractivity contribution in [3.8, 4) is 5.75 Å². The van der Waals surface area contributed by atoms with E-state index < -0.39 is 48.0 Å². The Morgan fingerprint density at radius 3 is 2.21 bits per heavy atom. The number of imide groups is 2. The van der Waals surface area contributed by atoms with Gasteiger partial charge in [-0.05, 0) is 61.5 Å². The van der Waals surface area contributed by atoms with Crippen LogP contribution >= 0.6 is 0 Å². The van der Waals surface area contributed by atoms with Crippen molar-refractivity contribution in [3.05, 3.63) is 96.1 Å². The van der Waals surface area contributed by atoms with Crippen LogP contribution in [0.4, 0.5) is 11.4 Å². The number of rotatable bonds is 4. The first-order valence-electron chi connectivity index (χ1n) is 14.4. The van der Waals surface area contributed by atoms with Crippen molar-refractivity contribution in [1.82, 2.24) is 0 Å². The molecule has 3 N–H and O–H groups in total. The average Bonchev–Trinajstić information content (AvgIpc) is 3.37. The number of anilines is 2. The van der Waals surface area contributed by atoms with Gasteiger partial charge in [0.25, 0.3) is 0 Å². The van der Waals surface area contributed by atoms with Gasteiger partial charge in [-0.25, -0.2) is 4.90 Å². The zero-order valence-electron chi connectivity index (χ0n) is 23.3. The van der Waals surface area contributed by atoms with Gasteiger partial charge in [-0.15, -0.1) is 0 Å². The number of aromatic hydroxyl groups is 1. The van der Waals surface area contributed by atoms with Crippen LogP contribution < -0.4 is 15.3 Å². The molecule has 216 valence electrons. The fourth-order valence-corrected chi connectivity index (χ4v) is 7.99. The van der Waals surface area contributed by atoms with Crippen LogP contribution in [0.5, 0.6) is 5.75 Å². The molecule has 4 aliphatic rings. The summed E-state index contributed by atoms with van der Waals surface area (Å²) in [5.74, 6) is -5.02. The molecule has 0 aromatic heterocycles. The van der Waals surface area contributed by atoms with E-state index in [0.29, 0.717) is 11.3 Å². The van der Waals surface area contributed by atoms with Crippen LogP contribution in [0.2, 0.25) is 0 Å². The number of hydrogen-bond acceptors (Lipinski definition) is 7. The lowest BCUT2D eigenvalue weighted by molar-refractivity contribution is -0.131. The molecule has 0 bridgehead atoms. The van der Waals surface area contributed by atoms with Gasteiger partial charge in [0, 0.05) is 11.5 Å². The Bertz CT molecular complexity index is 1720. The van der Waals surface area contributed by atoms with Crippen LogP contribution in [0.1, 0.15) is 31.2 Å². The molecule has 2 saturated heterocycles. The lowest BCUT2D eigenvalue weighted by Gasteiger charge is -2.49. The van der Waals surface area contributed by atoms with Gasteiger partial charge in [0.2, 0.25) is 23.6 Å². The molecule has 6 atom stereocenters. The Labute approximate surface area is 248 Å². The van der Waals surface area contributed by atoms with Gasteiger partial charge < -0.3 is 15.2 Å². The first-order valence-corrected chi connectivity index (χ1v) is 14.4. The van der Waals surface area contributed by atoms with Gasteiger partial charge in [-0.1, -0.05) is 60.2 Å². The number of allylic oxidation sites excluding steroid dienone is 2. The number of fused-ring (bicyclic) bond motifs is 4. The van der Waals surface area contributed by atoms with Gasteiger partial charge in [0.1, 0.15) is 5.75 Å². The molecule has 2 aliphatic heterocycles. The van der Waals surface area contributed by atoms with E-state index in [2.05, 4.69) is 0 Å². The van der Waals surface area contributed by atoms with Crippen molar-refractivity contribution in [2.45, 2.75) is 25.7 Å². The van der Waals surface area contributed by atoms with Gasteiger partial charge in [0.05, 0.1) is 34.5 Å². The molecular formula is C33H29BN2O7. The summed E-state index contributed by atoms with van der Waals surface area (Å²) in [7, 11) is -1.77. The lowest BCUT2D eigenvalue weighted by Crippen LogP contribution is -2.48. The number of benzene rings is 3. The summed E-state index contributed by atoms with van der Waals surface area (Å²) in [6.07, 6.45) is 2.38. The predicted octanol–water partition coefficient (Wildman–Crippen LogP) is 2.51. The number of hydrogen-bond donors (Lipinski definition) is 3. The second kappa shape index (κ2) is 9.75. The van der Waals surface area contributed by atoms with Crippen molar-refractivity contribution < 1.29 is 34.3 Å². The summed E-state index contributed by atoms with van der Waals surface area (Å²) in [6.45, 7) is 1.78. The lowest BCUT2D eigenvalue weighted by atomic mass is 9.51. The van der Waals surface area contributed by atoms with E-state index in [4.69, 9.17) is 0 Å². The minimum atomic E-state index is -1.77. The Morgan fingerprint density at radius 1 is 0.791 bits per heavy atom.